The van der Waals surface area contributed by atoms with Crippen LogP contribution in [0.5, 0.6) is 5.75 Å². The number of carbonyl (C=O) groups is 1. The van der Waals surface area contributed by atoms with E-state index in [0.717, 1.165) is 15.7 Å². The molecule has 19 heavy (non-hydrogen) atoms. The molecule has 0 aliphatic heterocycles. The number of nitrogens with one attached hydrogen (secondary N) is 1. The van der Waals surface area contributed by atoms with Gasteiger partial charge in [-0.2, -0.15) is 0 Å². The van der Waals surface area contributed by atoms with Crippen molar-refractivity contribution in [3.8, 4) is 5.75 Å². The van der Waals surface area contributed by atoms with Gasteiger partial charge in [0, 0.05) is 15.7 Å². The van der Waals surface area contributed by atoms with Gasteiger partial charge >= 0.3 is 0 Å². The Hall–Kier alpha value is -1.81. The second-order valence-corrected chi connectivity index (χ2v) is 5.22. The first kappa shape index (κ1) is 13.6. The summed E-state index contributed by atoms with van der Waals surface area (Å²) in [4.78, 5) is 12.1. The Morgan fingerprint density at radius 1 is 1.21 bits per heavy atom. The van der Waals surface area contributed by atoms with Crippen LogP contribution < -0.4 is 5.32 Å². The summed E-state index contributed by atoms with van der Waals surface area (Å²) >= 11 is 3.43. The molecule has 4 heteroatoms. The van der Waals surface area contributed by atoms with Crippen molar-refractivity contribution in [1.82, 2.24) is 0 Å². The van der Waals surface area contributed by atoms with E-state index in [9.17, 15) is 9.90 Å². The first-order valence-electron chi connectivity index (χ1n) is 5.85. The van der Waals surface area contributed by atoms with Crippen LogP contribution in [0, 0.1) is 13.8 Å². The molecule has 0 heterocycles. The Bertz CT molecular complexity index is 638. The van der Waals surface area contributed by atoms with Gasteiger partial charge < -0.3 is 10.4 Å². The third-order valence-electron chi connectivity index (χ3n) is 2.97. The number of phenols is 1. The zero-order chi connectivity index (χ0) is 14.0. The van der Waals surface area contributed by atoms with Crippen molar-refractivity contribution >= 4 is 27.5 Å². The monoisotopic (exact) mass is 319 g/mol. The molecule has 0 atom stereocenters. The molecule has 2 N–H and O–H groups in total. The Labute approximate surface area is 120 Å². The summed E-state index contributed by atoms with van der Waals surface area (Å²) in [5.74, 6) is -0.000476. The molecule has 3 nitrogen and oxygen atoms in total. The van der Waals surface area contributed by atoms with Gasteiger partial charge in [0.2, 0.25) is 0 Å². The van der Waals surface area contributed by atoms with E-state index < -0.39 is 0 Å². The normalized spacial score (nSPS) is 10.3. The molecule has 0 unspecified atom stereocenters. The number of aromatic hydroxyl groups is 1. The van der Waals surface area contributed by atoms with E-state index in [1.165, 1.54) is 6.07 Å². The van der Waals surface area contributed by atoms with Crippen LogP contribution in [0.1, 0.15) is 21.5 Å². The lowest BCUT2D eigenvalue weighted by molar-refractivity contribution is 0.102. The maximum atomic E-state index is 12.1. The Kier molecular flexibility index (Phi) is 3.90. The summed E-state index contributed by atoms with van der Waals surface area (Å²) in [5.41, 5.74) is 2.95. The van der Waals surface area contributed by atoms with Crippen molar-refractivity contribution in [3.63, 3.8) is 0 Å². The van der Waals surface area contributed by atoms with Crippen molar-refractivity contribution in [3.05, 3.63) is 57.6 Å². The van der Waals surface area contributed by atoms with Gasteiger partial charge in [0.1, 0.15) is 5.75 Å². The fraction of sp³-hybridized carbons (Fsp3) is 0.133. The second kappa shape index (κ2) is 5.45. The number of hydrogen-bond acceptors (Lipinski definition) is 2. The maximum absolute atomic E-state index is 12.1. The van der Waals surface area contributed by atoms with Gasteiger partial charge in [-0.1, -0.05) is 22.0 Å². The van der Waals surface area contributed by atoms with Crippen molar-refractivity contribution < 1.29 is 9.90 Å². The van der Waals surface area contributed by atoms with E-state index in [1.807, 2.05) is 25.1 Å². The van der Waals surface area contributed by atoms with Crippen molar-refractivity contribution in [2.75, 3.05) is 5.32 Å². The summed E-state index contributed by atoms with van der Waals surface area (Å²) in [6.45, 7) is 3.69. The standard InChI is InChI=1S/C15H14BrNO2/c1-9-8-11(6-7-14(9)18)15(19)17-13-5-3-4-12(16)10(13)2/h3-8,18H,1-2H3,(H,17,19). The van der Waals surface area contributed by atoms with Gasteiger partial charge in [-0.25, -0.2) is 0 Å². The molecule has 0 saturated carbocycles. The third kappa shape index (κ3) is 2.96. The topological polar surface area (TPSA) is 49.3 Å². The fourth-order valence-electron chi connectivity index (χ4n) is 1.73. The van der Waals surface area contributed by atoms with Crippen LogP contribution in [0.4, 0.5) is 5.69 Å². The first-order chi connectivity index (χ1) is 8.99. The van der Waals surface area contributed by atoms with E-state index in [-0.39, 0.29) is 11.7 Å². The summed E-state index contributed by atoms with van der Waals surface area (Å²) in [6, 6.07) is 10.4. The predicted octanol–water partition coefficient (Wildman–Crippen LogP) is 4.02. The Morgan fingerprint density at radius 2 is 1.95 bits per heavy atom. The lowest BCUT2D eigenvalue weighted by atomic mass is 10.1. The summed E-state index contributed by atoms with van der Waals surface area (Å²) in [6.07, 6.45) is 0. The SMILES string of the molecule is Cc1cc(C(=O)Nc2cccc(Br)c2C)ccc1O. The highest BCUT2D eigenvalue weighted by molar-refractivity contribution is 9.10. The molecular weight excluding hydrogens is 306 g/mol. The molecule has 2 aromatic rings. The number of amides is 1. The van der Waals surface area contributed by atoms with Gasteiger partial charge in [0.25, 0.3) is 5.91 Å². The molecule has 0 saturated heterocycles. The molecule has 98 valence electrons. The van der Waals surface area contributed by atoms with Crippen LogP contribution in [0.3, 0.4) is 0 Å². The summed E-state index contributed by atoms with van der Waals surface area (Å²) in [7, 11) is 0. The van der Waals surface area contributed by atoms with Gasteiger partial charge in [-0.3, -0.25) is 4.79 Å². The molecule has 0 spiro atoms. The highest BCUT2D eigenvalue weighted by atomic mass is 79.9. The Balaban J connectivity index is 2.26. The third-order valence-corrected chi connectivity index (χ3v) is 3.83. The van der Waals surface area contributed by atoms with Crippen LogP contribution in [0.25, 0.3) is 0 Å². The summed E-state index contributed by atoms with van der Waals surface area (Å²) in [5, 5.41) is 12.3. The van der Waals surface area contributed by atoms with Gasteiger partial charge in [-0.15, -0.1) is 0 Å². The van der Waals surface area contributed by atoms with Gasteiger partial charge in [0.05, 0.1) is 0 Å². The molecule has 0 fully saturated rings. The number of benzene rings is 2. The van der Waals surface area contributed by atoms with E-state index >= 15 is 0 Å². The van der Waals surface area contributed by atoms with E-state index in [0.29, 0.717) is 11.1 Å². The summed E-state index contributed by atoms with van der Waals surface area (Å²) < 4.78 is 0.951. The average molecular weight is 320 g/mol. The predicted molar refractivity (Wildman–Crippen MR) is 79.7 cm³/mol. The molecule has 0 bridgehead atoms. The molecule has 2 rings (SSSR count). The van der Waals surface area contributed by atoms with Crippen molar-refractivity contribution in [2.45, 2.75) is 13.8 Å². The molecule has 0 aliphatic carbocycles. The van der Waals surface area contributed by atoms with E-state index in [2.05, 4.69) is 21.2 Å². The number of phenolic OH excluding ortho intramolecular Hbond substituents is 1. The second-order valence-electron chi connectivity index (χ2n) is 4.37. The minimum absolute atomic E-state index is 0.190. The largest absolute Gasteiger partial charge is 0.508 e. The average Bonchev–Trinajstić information content (AvgIpc) is 2.38. The molecule has 0 radical (unpaired) electrons. The zero-order valence-electron chi connectivity index (χ0n) is 10.7. The van der Waals surface area contributed by atoms with E-state index in [1.54, 1.807) is 19.1 Å². The van der Waals surface area contributed by atoms with E-state index in [4.69, 9.17) is 0 Å². The van der Waals surface area contributed by atoms with Crippen LogP contribution >= 0.6 is 15.9 Å². The number of aryl methyl sites for hydroxylation is 1. The first-order valence-corrected chi connectivity index (χ1v) is 6.64. The highest BCUT2D eigenvalue weighted by Gasteiger charge is 2.10. The lowest BCUT2D eigenvalue weighted by Crippen LogP contribution is -2.13. The molecule has 2 aromatic carbocycles. The van der Waals surface area contributed by atoms with Crippen LogP contribution in [-0.2, 0) is 0 Å². The number of anilines is 1. The quantitative estimate of drug-likeness (QED) is 0.878. The maximum Gasteiger partial charge on any atom is 0.255 e. The molecule has 0 aliphatic rings. The smallest absolute Gasteiger partial charge is 0.255 e. The minimum atomic E-state index is -0.190. The lowest BCUT2D eigenvalue weighted by Gasteiger charge is -2.10. The minimum Gasteiger partial charge on any atom is -0.508 e. The molecule has 1 amide bonds. The van der Waals surface area contributed by atoms with Crippen molar-refractivity contribution in [1.29, 1.82) is 0 Å². The van der Waals surface area contributed by atoms with Gasteiger partial charge in [0.15, 0.2) is 0 Å². The van der Waals surface area contributed by atoms with Crippen molar-refractivity contribution in [2.24, 2.45) is 0 Å². The number of halogens is 1. The number of rotatable bonds is 2. The van der Waals surface area contributed by atoms with Crippen LogP contribution in [0.15, 0.2) is 40.9 Å². The van der Waals surface area contributed by atoms with Crippen LogP contribution in [-0.4, -0.2) is 11.0 Å². The number of carbonyl (C=O) groups excluding carboxylic acids is 1. The fourth-order valence-corrected chi connectivity index (χ4v) is 2.10. The molecular formula is C15H14BrNO2. The zero-order valence-corrected chi connectivity index (χ0v) is 12.3. The van der Waals surface area contributed by atoms with Gasteiger partial charge in [-0.05, 0) is 55.3 Å². The molecule has 0 aromatic heterocycles. The van der Waals surface area contributed by atoms with Crippen LogP contribution in [0.2, 0.25) is 0 Å². The Morgan fingerprint density at radius 3 is 2.63 bits per heavy atom. The number of hydrogen-bond donors (Lipinski definition) is 2. The highest BCUT2D eigenvalue weighted by Crippen LogP contribution is 2.24.